The van der Waals surface area contributed by atoms with E-state index in [-0.39, 0.29) is 18.1 Å². The number of nitrogens with zero attached hydrogens (tertiary/aromatic N) is 1. The molecule has 2 heterocycles. The molecule has 1 saturated carbocycles. The monoisotopic (exact) mass is 431 g/mol. The molecule has 1 aromatic carbocycles. The molecule has 0 saturated heterocycles. The third-order valence-corrected chi connectivity index (χ3v) is 6.73. The lowest BCUT2D eigenvalue weighted by molar-refractivity contribution is -0.115. The highest BCUT2D eigenvalue weighted by Gasteiger charge is 2.25. The number of halogens is 1. The van der Waals surface area contributed by atoms with Gasteiger partial charge in [-0.1, -0.05) is 11.6 Å². The van der Waals surface area contributed by atoms with E-state index in [9.17, 15) is 9.59 Å². The number of H-pyrrole nitrogens is 1. The van der Waals surface area contributed by atoms with Gasteiger partial charge in [0.1, 0.15) is 0 Å². The molecule has 1 aliphatic rings. The van der Waals surface area contributed by atoms with Crippen LogP contribution in [0.5, 0.6) is 0 Å². The van der Waals surface area contributed by atoms with Gasteiger partial charge in [-0.3, -0.25) is 14.7 Å². The zero-order valence-electron chi connectivity index (χ0n) is 14.9. The Hall–Kier alpha value is -2.09. The largest absolute Gasteiger partial charge is 0.309 e. The molecule has 0 aliphatic heterocycles. The lowest BCUT2D eigenvalue weighted by atomic mass is 10.3. The van der Waals surface area contributed by atoms with Crippen molar-refractivity contribution >= 4 is 52.2 Å². The van der Waals surface area contributed by atoms with Crippen molar-refractivity contribution in [2.45, 2.75) is 30.1 Å². The normalized spacial score (nSPS) is 13.5. The molecule has 1 aliphatic carbocycles. The number of hydrogen-bond donors (Lipinski definition) is 2. The Morgan fingerprint density at radius 3 is 2.75 bits per heavy atom. The van der Waals surface area contributed by atoms with E-state index >= 15 is 0 Å². The first kappa shape index (κ1) is 19.2. The molecule has 28 heavy (non-hydrogen) atoms. The molecule has 2 aromatic heterocycles. The highest BCUT2D eigenvalue weighted by Crippen LogP contribution is 2.39. The average molecular weight is 432 g/mol. The second-order valence-electron chi connectivity index (χ2n) is 6.64. The van der Waals surface area contributed by atoms with Gasteiger partial charge < -0.3 is 5.32 Å². The molecule has 1 amide bonds. The zero-order chi connectivity index (χ0) is 19.5. The summed E-state index contributed by atoms with van der Waals surface area (Å²) >= 11 is 8.71. The lowest BCUT2D eigenvalue weighted by Gasteiger charge is -2.01. The van der Waals surface area contributed by atoms with Crippen molar-refractivity contribution in [1.29, 1.82) is 0 Å². The fourth-order valence-corrected chi connectivity index (χ4v) is 4.67. The maximum absolute atomic E-state index is 12.4. The number of ketones is 1. The highest BCUT2D eigenvalue weighted by molar-refractivity contribution is 8.00. The predicted molar refractivity (Wildman–Crippen MR) is 114 cm³/mol. The number of aromatic amines is 1. The standard InChI is InChI=1S/C20H18ClN3O2S2/c21-13-3-5-14(6-4-13)27-11-17(25)18-8-7-15(28-18)9-20(26)22-19-10-16(23-24-19)12-1-2-12/h3-8,10,12H,1-2,9,11H2,(H2,22,23,24,26). The van der Waals surface area contributed by atoms with Crippen molar-refractivity contribution in [2.24, 2.45) is 0 Å². The molecule has 3 aromatic rings. The van der Waals surface area contributed by atoms with Crippen LogP contribution in [0.3, 0.4) is 0 Å². The minimum absolute atomic E-state index is 0.0537. The Bertz CT molecular complexity index is 993. The molecule has 8 heteroatoms. The molecular weight excluding hydrogens is 414 g/mol. The summed E-state index contributed by atoms with van der Waals surface area (Å²) in [6, 6.07) is 12.9. The molecule has 5 nitrogen and oxygen atoms in total. The fourth-order valence-electron chi connectivity index (χ4n) is 2.72. The summed E-state index contributed by atoms with van der Waals surface area (Å²) in [5.74, 6) is 1.39. The molecule has 4 rings (SSSR count). The first-order valence-corrected chi connectivity index (χ1v) is 11.1. The molecule has 0 radical (unpaired) electrons. The van der Waals surface area contributed by atoms with Gasteiger partial charge in [-0.25, -0.2) is 0 Å². The topological polar surface area (TPSA) is 74.8 Å². The Morgan fingerprint density at radius 2 is 2.00 bits per heavy atom. The van der Waals surface area contributed by atoms with Crippen molar-refractivity contribution in [3.05, 3.63) is 62.9 Å². The van der Waals surface area contributed by atoms with Gasteiger partial charge in [0.15, 0.2) is 11.6 Å². The van der Waals surface area contributed by atoms with Crippen molar-refractivity contribution < 1.29 is 9.59 Å². The fraction of sp³-hybridized carbons (Fsp3) is 0.250. The maximum Gasteiger partial charge on any atom is 0.230 e. The van der Waals surface area contributed by atoms with Crippen molar-refractivity contribution in [1.82, 2.24) is 10.2 Å². The highest BCUT2D eigenvalue weighted by atomic mass is 35.5. The second-order valence-corrected chi connectivity index (χ2v) is 9.29. The van der Waals surface area contributed by atoms with Crippen LogP contribution in [-0.2, 0) is 11.2 Å². The molecule has 0 atom stereocenters. The van der Waals surface area contributed by atoms with E-state index < -0.39 is 0 Å². The minimum atomic E-state index is -0.134. The number of amides is 1. The van der Waals surface area contributed by atoms with Crippen molar-refractivity contribution in [3.63, 3.8) is 0 Å². The van der Waals surface area contributed by atoms with Crippen LogP contribution in [0.2, 0.25) is 5.02 Å². The number of thioether (sulfide) groups is 1. The number of thiophene rings is 1. The van der Waals surface area contributed by atoms with E-state index in [1.807, 2.05) is 36.4 Å². The summed E-state index contributed by atoms with van der Waals surface area (Å²) in [4.78, 5) is 27.2. The Morgan fingerprint density at radius 1 is 1.21 bits per heavy atom. The number of anilines is 1. The lowest BCUT2D eigenvalue weighted by Crippen LogP contribution is -2.13. The van der Waals surface area contributed by atoms with Gasteiger partial charge in [0.2, 0.25) is 5.91 Å². The van der Waals surface area contributed by atoms with Crippen LogP contribution in [0.1, 0.15) is 39.0 Å². The van der Waals surface area contributed by atoms with Gasteiger partial charge in [-0.2, -0.15) is 5.10 Å². The van der Waals surface area contributed by atoms with E-state index in [0.717, 1.165) is 15.5 Å². The maximum atomic E-state index is 12.4. The zero-order valence-corrected chi connectivity index (χ0v) is 17.3. The summed E-state index contributed by atoms with van der Waals surface area (Å²) in [5.41, 5.74) is 1.08. The van der Waals surface area contributed by atoms with Crippen LogP contribution in [-0.4, -0.2) is 27.6 Å². The summed E-state index contributed by atoms with van der Waals surface area (Å²) in [7, 11) is 0. The second kappa shape index (κ2) is 8.51. The number of hydrogen-bond acceptors (Lipinski definition) is 5. The minimum Gasteiger partial charge on any atom is -0.309 e. The Kier molecular flexibility index (Phi) is 5.85. The quantitative estimate of drug-likeness (QED) is 0.381. The van der Waals surface area contributed by atoms with Crippen LogP contribution < -0.4 is 5.32 Å². The molecule has 0 unspecified atom stereocenters. The van der Waals surface area contributed by atoms with Crippen LogP contribution in [0, 0.1) is 0 Å². The van der Waals surface area contributed by atoms with E-state index in [0.29, 0.717) is 27.4 Å². The van der Waals surface area contributed by atoms with E-state index in [1.165, 1.54) is 35.9 Å². The van der Waals surface area contributed by atoms with Crippen LogP contribution in [0.25, 0.3) is 0 Å². The summed E-state index contributed by atoms with van der Waals surface area (Å²) in [6.45, 7) is 0. The van der Waals surface area contributed by atoms with Gasteiger partial charge in [-0.05, 0) is 49.2 Å². The number of carbonyl (C=O) groups excluding carboxylic acids is 2. The van der Waals surface area contributed by atoms with Crippen LogP contribution >= 0.6 is 34.7 Å². The van der Waals surface area contributed by atoms with E-state index in [1.54, 1.807) is 6.07 Å². The van der Waals surface area contributed by atoms with Crippen molar-refractivity contribution in [2.75, 3.05) is 11.1 Å². The molecule has 0 spiro atoms. The first-order chi connectivity index (χ1) is 13.6. The third-order valence-electron chi connectivity index (χ3n) is 4.34. The van der Waals surface area contributed by atoms with Gasteiger partial charge >= 0.3 is 0 Å². The summed E-state index contributed by atoms with van der Waals surface area (Å²) < 4.78 is 0. The van der Waals surface area contributed by atoms with Gasteiger partial charge in [0.05, 0.1) is 17.1 Å². The molecule has 0 bridgehead atoms. The van der Waals surface area contributed by atoms with Gasteiger partial charge in [0.25, 0.3) is 0 Å². The van der Waals surface area contributed by atoms with Gasteiger partial charge in [0, 0.05) is 32.5 Å². The molecule has 1 fully saturated rings. The predicted octanol–water partition coefficient (Wildman–Crippen LogP) is 5.16. The van der Waals surface area contributed by atoms with Crippen LogP contribution in [0.15, 0.2) is 47.4 Å². The third kappa shape index (κ3) is 5.04. The summed E-state index contributed by atoms with van der Waals surface area (Å²) in [6.07, 6.45) is 2.59. The summed E-state index contributed by atoms with van der Waals surface area (Å²) in [5, 5.41) is 10.6. The molecule has 2 N–H and O–H groups in total. The van der Waals surface area contributed by atoms with Gasteiger partial charge in [-0.15, -0.1) is 23.1 Å². The van der Waals surface area contributed by atoms with E-state index in [2.05, 4.69) is 15.5 Å². The van der Waals surface area contributed by atoms with Crippen molar-refractivity contribution in [3.8, 4) is 0 Å². The number of nitrogens with one attached hydrogen (secondary N) is 2. The smallest absolute Gasteiger partial charge is 0.230 e. The number of benzene rings is 1. The SMILES string of the molecule is O=C(Cc1ccc(C(=O)CSc2ccc(Cl)cc2)s1)Nc1cc(C2CC2)[nH]n1. The first-order valence-electron chi connectivity index (χ1n) is 8.92. The average Bonchev–Trinajstić information content (AvgIpc) is 3.25. The van der Waals surface area contributed by atoms with E-state index in [4.69, 9.17) is 11.6 Å². The Labute approximate surface area is 175 Å². The number of rotatable bonds is 8. The Balaban J connectivity index is 1.28. The number of aromatic nitrogens is 2. The van der Waals surface area contributed by atoms with Crippen LogP contribution in [0.4, 0.5) is 5.82 Å². The molecule has 144 valence electrons. The number of carbonyl (C=O) groups is 2. The molecular formula is C20H18ClN3O2S2. The number of Topliss-reactive ketones (excluding diaryl/α,β-unsaturated/α-hetero) is 1.